The molecule has 0 unspecified atom stereocenters. The monoisotopic (exact) mass is 392 g/mol. The molecule has 1 aromatic heterocycles. The molecule has 7 nitrogen and oxygen atoms in total. The first-order valence-electron chi connectivity index (χ1n) is 9.17. The fraction of sp³-hybridized carbons (Fsp3) is 0.474. The van der Waals surface area contributed by atoms with E-state index in [2.05, 4.69) is 19.1 Å². The number of carbonyl (C=O) groups excluding carboxylic acids is 1. The summed E-state index contributed by atoms with van der Waals surface area (Å²) in [5, 5.41) is 0.660. The van der Waals surface area contributed by atoms with E-state index >= 15 is 0 Å². The summed E-state index contributed by atoms with van der Waals surface area (Å²) in [7, 11) is 4.19. The van der Waals surface area contributed by atoms with E-state index in [4.69, 9.17) is 14.2 Å². The third kappa shape index (κ3) is 4.90. The number of carbonyl (C=O) groups is 1. The maximum Gasteiger partial charge on any atom is 0.298 e. The number of hydrogen-bond donors (Lipinski definition) is 1. The van der Waals surface area contributed by atoms with E-state index in [1.807, 2.05) is 25.1 Å². The van der Waals surface area contributed by atoms with E-state index in [1.54, 1.807) is 4.90 Å². The number of hydrogen-bond acceptors (Lipinski definition) is 6. The van der Waals surface area contributed by atoms with Crippen molar-refractivity contribution in [2.45, 2.75) is 13.3 Å². The van der Waals surface area contributed by atoms with Crippen molar-refractivity contribution >= 4 is 32.6 Å². The van der Waals surface area contributed by atoms with Crippen LogP contribution < -0.4 is 14.5 Å². The number of aromatic nitrogens is 1. The van der Waals surface area contributed by atoms with Crippen molar-refractivity contribution < 1.29 is 23.9 Å². The Labute approximate surface area is 163 Å². The van der Waals surface area contributed by atoms with Crippen molar-refractivity contribution in [3.8, 4) is 5.75 Å². The number of benzene rings is 1. The van der Waals surface area contributed by atoms with Crippen LogP contribution in [0.15, 0.2) is 30.2 Å². The Balaban J connectivity index is 1.87. The van der Waals surface area contributed by atoms with Gasteiger partial charge in [0, 0.05) is 13.0 Å². The van der Waals surface area contributed by atoms with E-state index in [0.29, 0.717) is 31.5 Å². The van der Waals surface area contributed by atoms with E-state index in [1.165, 1.54) is 22.5 Å². The van der Waals surface area contributed by atoms with Gasteiger partial charge in [0.1, 0.15) is 25.2 Å². The van der Waals surface area contributed by atoms with E-state index in [-0.39, 0.29) is 11.7 Å². The zero-order chi connectivity index (χ0) is 19.2. The molecule has 0 aliphatic carbocycles. The van der Waals surface area contributed by atoms with Crippen LogP contribution in [0.2, 0.25) is 0 Å². The average molecular weight is 393 g/mol. The molecule has 0 saturated heterocycles. The van der Waals surface area contributed by atoms with Gasteiger partial charge in [-0.25, -0.2) is 4.98 Å². The molecule has 1 aromatic carbocycles. The predicted octanol–water partition coefficient (Wildman–Crippen LogP) is 1.45. The lowest BCUT2D eigenvalue weighted by molar-refractivity contribution is -0.858. The van der Waals surface area contributed by atoms with Gasteiger partial charge in [0.25, 0.3) is 5.91 Å². The Morgan fingerprint density at radius 1 is 1.37 bits per heavy atom. The van der Waals surface area contributed by atoms with Gasteiger partial charge >= 0.3 is 0 Å². The molecule has 1 aliphatic rings. The summed E-state index contributed by atoms with van der Waals surface area (Å²) in [6.45, 7) is 4.94. The Morgan fingerprint density at radius 2 is 2.22 bits per heavy atom. The van der Waals surface area contributed by atoms with Gasteiger partial charge < -0.3 is 19.1 Å². The molecule has 1 amide bonds. The average Bonchev–Trinajstić information content (AvgIpc) is 3.08. The molecule has 0 saturated carbocycles. The van der Waals surface area contributed by atoms with Crippen LogP contribution in [0, 0.1) is 0 Å². The number of rotatable bonds is 8. The topological polar surface area (TPSA) is 65.3 Å². The second-order valence-electron chi connectivity index (χ2n) is 6.53. The predicted molar refractivity (Wildman–Crippen MR) is 105 cm³/mol. The second kappa shape index (κ2) is 9.05. The summed E-state index contributed by atoms with van der Waals surface area (Å²) in [5.74, 6) is 0.821. The van der Waals surface area contributed by atoms with Gasteiger partial charge in [-0.05, 0) is 25.1 Å². The lowest BCUT2D eigenvalue weighted by Crippen LogP contribution is -3.05. The number of anilines is 1. The summed E-state index contributed by atoms with van der Waals surface area (Å²) in [6, 6.07) is 5.79. The van der Waals surface area contributed by atoms with Crippen molar-refractivity contribution in [1.82, 2.24) is 4.98 Å². The maximum absolute atomic E-state index is 13.0. The Bertz CT molecular complexity index is 818. The quantitative estimate of drug-likeness (QED) is 0.737. The molecule has 0 bridgehead atoms. The molecule has 27 heavy (non-hydrogen) atoms. The third-order valence-electron chi connectivity index (χ3n) is 4.05. The van der Waals surface area contributed by atoms with Crippen molar-refractivity contribution in [1.29, 1.82) is 0 Å². The van der Waals surface area contributed by atoms with Crippen LogP contribution >= 0.6 is 11.3 Å². The SMILES string of the molecule is CCOc1ccc2nc(N(CCC[NH+](C)C)C(=O)C3=COCCO3)sc2c1. The molecule has 1 aliphatic heterocycles. The van der Waals surface area contributed by atoms with Crippen LogP contribution in [0.4, 0.5) is 5.13 Å². The van der Waals surface area contributed by atoms with Crippen LogP contribution in [-0.4, -0.2) is 57.9 Å². The Kier molecular flexibility index (Phi) is 6.52. The molecule has 0 radical (unpaired) electrons. The lowest BCUT2D eigenvalue weighted by atomic mass is 10.3. The number of thiazole rings is 1. The van der Waals surface area contributed by atoms with Crippen LogP contribution in [0.25, 0.3) is 10.2 Å². The highest BCUT2D eigenvalue weighted by Gasteiger charge is 2.26. The standard InChI is InChI=1S/C19H25N3O4S/c1-4-25-14-6-7-15-17(12-14)27-19(20-15)22(9-5-8-21(2)3)18(23)16-13-24-10-11-26-16/h6-7,12-13H,4-5,8-11H2,1-3H3/p+1. The second-order valence-corrected chi connectivity index (χ2v) is 7.54. The summed E-state index contributed by atoms with van der Waals surface area (Å²) >= 11 is 1.48. The molecule has 3 rings (SSSR count). The van der Waals surface area contributed by atoms with E-state index in [9.17, 15) is 4.79 Å². The summed E-state index contributed by atoms with van der Waals surface area (Å²) < 4.78 is 17.3. The highest BCUT2D eigenvalue weighted by atomic mass is 32.1. The van der Waals surface area contributed by atoms with Gasteiger partial charge in [0.2, 0.25) is 5.76 Å². The van der Waals surface area contributed by atoms with Gasteiger partial charge in [-0.1, -0.05) is 11.3 Å². The van der Waals surface area contributed by atoms with Gasteiger partial charge in [-0.15, -0.1) is 0 Å². The number of ether oxygens (including phenoxy) is 3. The van der Waals surface area contributed by atoms with Gasteiger partial charge in [0.05, 0.1) is 37.5 Å². The fourth-order valence-electron chi connectivity index (χ4n) is 2.75. The lowest BCUT2D eigenvalue weighted by Gasteiger charge is -2.23. The molecule has 8 heteroatoms. The first-order valence-corrected chi connectivity index (χ1v) is 9.99. The first-order chi connectivity index (χ1) is 13.1. The Hall–Kier alpha value is -2.32. The highest BCUT2D eigenvalue weighted by molar-refractivity contribution is 7.22. The summed E-state index contributed by atoms with van der Waals surface area (Å²) in [5.41, 5.74) is 0.851. The molecule has 146 valence electrons. The van der Waals surface area contributed by atoms with Crippen molar-refractivity contribution in [3.63, 3.8) is 0 Å². The smallest absolute Gasteiger partial charge is 0.298 e. The number of nitrogens with zero attached hydrogens (tertiary/aromatic N) is 2. The zero-order valence-electron chi connectivity index (χ0n) is 16.0. The zero-order valence-corrected chi connectivity index (χ0v) is 16.8. The summed E-state index contributed by atoms with van der Waals surface area (Å²) in [6.07, 6.45) is 2.26. The minimum atomic E-state index is -0.215. The number of nitrogens with one attached hydrogen (secondary N) is 1. The normalized spacial score (nSPS) is 13.9. The van der Waals surface area contributed by atoms with Crippen LogP contribution in [0.3, 0.4) is 0 Å². The van der Waals surface area contributed by atoms with Crippen molar-refractivity contribution in [2.24, 2.45) is 0 Å². The van der Waals surface area contributed by atoms with Gasteiger partial charge in [-0.2, -0.15) is 0 Å². The molecule has 2 heterocycles. The molecule has 0 atom stereocenters. The van der Waals surface area contributed by atoms with Crippen molar-refractivity contribution in [2.75, 3.05) is 51.9 Å². The Morgan fingerprint density at radius 3 is 2.93 bits per heavy atom. The molecule has 2 aromatic rings. The molecular weight excluding hydrogens is 366 g/mol. The van der Waals surface area contributed by atoms with Crippen LogP contribution in [-0.2, 0) is 14.3 Å². The van der Waals surface area contributed by atoms with E-state index < -0.39 is 0 Å². The molecule has 0 spiro atoms. The highest BCUT2D eigenvalue weighted by Crippen LogP contribution is 2.32. The minimum Gasteiger partial charge on any atom is -0.494 e. The maximum atomic E-state index is 13.0. The first kappa shape index (κ1) is 19.4. The summed E-state index contributed by atoms with van der Waals surface area (Å²) in [4.78, 5) is 20.7. The van der Waals surface area contributed by atoms with E-state index in [0.717, 1.165) is 28.9 Å². The number of amides is 1. The number of quaternary nitrogens is 1. The molecule has 1 N–H and O–H groups in total. The van der Waals surface area contributed by atoms with Gasteiger partial charge in [-0.3, -0.25) is 9.69 Å². The third-order valence-corrected chi connectivity index (χ3v) is 5.10. The van der Waals surface area contributed by atoms with Crippen molar-refractivity contribution in [3.05, 3.63) is 30.2 Å². The largest absolute Gasteiger partial charge is 0.494 e. The van der Waals surface area contributed by atoms with Crippen LogP contribution in [0.5, 0.6) is 5.75 Å². The number of fused-ring (bicyclic) bond motifs is 1. The van der Waals surface area contributed by atoms with Crippen LogP contribution in [0.1, 0.15) is 13.3 Å². The van der Waals surface area contributed by atoms with Gasteiger partial charge in [0.15, 0.2) is 5.13 Å². The minimum absolute atomic E-state index is 0.215. The molecular formula is C19H26N3O4S+. The molecule has 0 fully saturated rings. The fourth-order valence-corrected chi connectivity index (χ4v) is 3.77.